The second kappa shape index (κ2) is 4.57. The van der Waals surface area contributed by atoms with E-state index in [1.54, 1.807) is 0 Å². The maximum absolute atomic E-state index is 5.56. The van der Waals surface area contributed by atoms with Gasteiger partial charge in [0, 0.05) is 37.4 Å². The average Bonchev–Trinajstić information content (AvgIpc) is 2.71. The molecule has 14 heavy (non-hydrogen) atoms. The molecule has 0 aliphatic carbocycles. The molecule has 1 saturated heterocycles. The van der Waals surface area contributed by atoms with Gasteiger partial charge in [-0.3, -0.25) is 5.10 Å². The van der Waals surface area contributed by atoms with Crippen LogP contribution in [0.2, 0.25) is 0 Å². The van der Waals surface area contributed by atoms with E-state index in [4.69, 9.17) is 5.73 Å². The van der Waals surface area contributed by atoms with E-state index in [1.165, 1.54) is 25.1 Å². The summed E-state index contributed by atoms with van der Waals surface area (Å²) < 4.78 is 0. The fourth-order valence-corrected chi connectivity index (χ4v) is 2.19. The van der Waals surface area contributed by atoms with Crippen LogP contribution in [0.5, 0.6) is 0 Å². The zero-order chi connectivity index (χ0) is 9.80. The summed E-state index contributed by atoms with van der Waals surface area (Å²) in [5, 5.41) is 7.06. The van der Waals surface area contributed by atoms with Gasteiger partial charge in [0.05, 0.1) is 0 Å². The number of hydrogen-bond acceptors (Lipinski definition) is 3. The molecular weight excluding hydrogens is 176 g/mol. The molecule has 4 heteroatoms. The molecule has 1 aliphatic heterocycles. The van der Waals surface area contributed by atoms with Gasteiger partial charge in [-0.2, -0.15) is 5.10 Å². The fourth-order valence-electron chi connectivity index (χ4n) is 2.19. The van der Waals surface area contributed by atoms with Crippen LogP contribution in [0.3, 0.4) is 0 Å². The molecule has 1 unspecified atom stereocenters. The molecule has 1 aromatic heterocycles. The minimum Gasteiger partial charge on any atom is -0.329 e. The third kappa shape index (κ3) is 2.13. The summed E-state index contributed by atoms with van der Waals surface area (Å²) in [6.07, 6.45) is 4.37. The van der Waals surface area contributed by atoms with Crippen LogP contribution in [-0.2, 0) is 0 Å². The smallest absolute Gasteiger partial charge is 0.0490 e. The van der Waals surface area contributed by atoms with Crippen molar-refractivity contribution < 1.29 is 0 Å². The van der Waals surface area contributed by atoms with Crippen molar-refractivity contribution in [3.8, 4) is 0 Å². The van der Waals surface area contributed by atoms with Crippen molar-refractivity contribution in [3.63, 3.8) is 0 Å². The molecule has 0 spiro atoms. The number of piperidine rings is 1. The monoisotopic (exact) mass is 194 g/mol. The van der Waals surface area contributed by atoms with E-state index in [0.717, 1.165) is 19.6 Å². The Bertz CT molecular complexity index is 255. The van der Waals surface area contributed by atoms with Crippen molar-refractivity contribution >= 4 is 0 Å². The Morgan fingerprint density at radius 1 is 1.64 bits per heavy atom. The van der Waals surface area contributed by atoms with Crippen LogP contribution in [0.4, 0.5) is 0 Å². The van der Waals surface area contributed by atoms with Crippen LogP contribution < -0.4 is 5.73 Å². The quantitative estimate of drug-likeness (QED) is 0.738. The summed E-state index contributed by atoms with van der Waals surface area (Å²) in [5.74, 6) is 0.623. The van der Waals surface area contributed by atoms with Gasteiger partial charge in [0.25, 0.3) is 0 Å². The molecule has 2 rings (SSSR count). The first-order valence-corrected chi connectivity index (χ1v) is 5.32. The second-order valence-corrected chi connectivity index (χ2v) is 3.94. The van der Waals surface area contributed by atoms with E-state index < -0.39 is 0 Å². The molecule has 0 saturated carbocycles. The van der Waals surface area contributed by atoms with E-state index in [9.17, 15) is 0 Å². The molecule has 3 N–H and O–H groups in total. The lowest BCUT2D eigenvalue weighted by Gasteiger charge is -2.31. The van der Waals surface area contributed by atoms with Gasteiger partial charge < -0.3 is 10.6 Å². The Labute approximate surface area is 84.5 Å². The molecule has 1 atom stereocenters. The molecule has 1 aliphatic rings. The van der Waals surface area contributed by atoms with Crippen molar-refractivity contribution in [2.75, 3.05) is 26.2 Å². The van der Waals surface area contributed by atoms with Gasteiger partial charge in [0.1, 0.15) is 0 Å². The number of aromatic amines is 1. The third-order valence-corrected chi connectivity index (χ3v) is 2.91. The highest BCUT2D eigenvalue weighted by Gasteiger charge is 2.21. The number of nitrogens with one attached hydrogen (secondary N) is 1. The highest BCUT2D eigenvalue weighted by atomic mass is 15.2. The molecule has 0 aromatic carbocycles. The van der Waals surface area contributed by atoms with Crippen molar-refractivity contribution in [2.45, 2.75) is 18.8 Å². The average molecular weight is 194 g/mol. The second-order valence-electron chi connectivity index (χ2n) is 3.94. The van der Waals surface area contributed by atoms with Crippen LogP contribution >= 0.6 is 0 Å². The number of nitrogens with zero attached hydrogens (tertiary/aromatic N) is 2. The minimum absolute atomic E-state index is 0.623. The highest BCUT2D eigenvalue weighted by molar-refractivity contribution is 5.07. The molecule has 4 nitrogen and oxygen atoms in total. The standard InChI is InChI=1S/C10H18N4/c11-4-7-14-6-1-2-9(8-14)10-3-5-12-13-10/h3,5,9H,1-2,4,6-8,11H2,(H,12,13). The number of H-pyrrole nitrogens is 1. The normalized spacial score (nSPS) is 23.9. The van der Waals surface area contributed by atoms with E-state index >= 15 is 0 Å². The predicted octanol–water partition coefficient (Wildman–Crippen LogP) is 0.548. The highest BCUT2D eigenvalue weighted by Crippen LogP contribution is 2.24. The Hall–Kier alpha value is -0.870. The molecule has 0 bridgehead atoms. The number of likely N-dealkylation sites (tertiary alicyclic amines) is 1. The largest absolute Gasteiger partial charge is 0.329 e. The topological polar surface area (TPSA) is 57.9 Å². The van der Waals surface area contributed by atoms with Gasteiger partial charge in [-0.15, -0.1) is 0 Å². The summed E-state index contributed by atoms with van der Waals surface area (Å²) >= 11 is 0. The first-order valence-electron chi connectivity index (χ1n) is 5.32. The van der Waals surface area contributed by atoms with Crippen molar-refractivity contribution in [3.05, 3.63) is 18.0 Å². The zero-order valence-corrected chi connectivity index (χ0v) is 8.45. The molecular formula is C10H18N4. The number of hydrogen-bond donors (Lipinski definition) is 2. The van der Waals surface area contributed by atoms with Crippen molar-refractivity contribution in [2.24, 2.45) is 5.73 Å². The summed E-state index contributed by atoms with van der Waals surface area (Å²) in [7, 11) is 0. The van der Waals surface area contributed by atoms with Crippen LogP contribution in [0.1, 0.15) is 24.5 Å². The first-order chi connectivity index (χ1) is 6.90. The van der Waals surface area contributed by atoms with Crippen LogP contribution in [-0.4, -0.2) is 41.3 Å². The third-order valence-electron chi connectivity index (χ3n) is 2.91. The van der Waals surface area contributed by atoms with E-state index in [2.05, 4.69) is 21.2 Å². The van der Waals surface area contributed by atoms with Gasteiger partial charge in [-0.25, -0.2) is 0 Å². The van der Waals surface area contributed by atoms with Crippen LogP contribution in [0.15, 0.2) is 12.3 Å². The van der Waals surface area contributed by atoms with Crippen molar-refractivity contribution in [1.82, 2.24) is 15.1 Å². The lowest BCUT2D eigenvalue weighted by molar-refractivity contribution is 0.211. The fraction of sp³-hybridized carbons (Fsp3) is 0.700. The van der Waals surface area contributed by atoms with E-state index in [0.29, 0.717) is 5.92 Å². The first kappa shape index (κ1) is 9.68. The molecule has 0 amide bonds. The predicted molar refractivity (Wildman–Crippen MR) is 56.1 cm³/mol. The van der Waals surface area contributed by atoms with Gasteiger partial charge in [0.15, 0.2) is 0 Å². The van der Waals surface area contributed by atoms with Gasteiger partial charge in [0.2, 0.25) is 0 Å². The Kier molecular flexibility index (Phi) is 3.16. The number of aromatic nitrogens is 2. The maximum Gasteiger partial charge on any atom is 0.0490 e. The van der Waals surface area contributed by atoms with Gasteiger partial charge >= 0.3 is 0 Å². The maximum atomic E-state index is 5.56. The molecule has 0 radical (unpaired) electrons. The number of rotatable bonds is 3. The van der Waals surface area contributed by atoms with Crippen molar-refractivity contribution in [1.29, 1.82) is 0 Å². The lowest BCUT2D eigenvalue weighted by atomic mass is 9.95. The van der Waals surface area contributed by atoms with Gasteiger partial charge in [-0.05, 0) is 25.5 Å². The summed E-state index contributed by atoms with van der Waals surface area (Å²) in [6.45, 7) is 4.10. The summed E-state index contributed by atoms with van der Waals surface area (Å²) in [4.78, 5) is 2.44. The number of nitrogens with two attached hydrogens (primary N) is 1. The summed E-state index contributed by atoms with van der Waals surface area (Å²) in [6, 6.07) is 2.08. The van der Waals surface area contributed by atoms with Crippen LogP contribution in [0, 0.1) is 0 Å². The minimum atomic E-state index is 0.623. The molecule has 1 aromatic rings. The lowest BCUT2D eigenvalue weighted by Crippen LogP contribution is -2.37. The Balaban J connectivity index is 1.94. The van der Waals surface area contributed by atoms with E-state index in [1.807, 2.05) is 6.20 Å². The van der Waals surface area contributed by atoms with E-state index in [-0.39, 0.29) is 0 Å². The zero-order valence-electron chi connectivity index (χ0n) is 8.45. The SMILES string of the molecule is NCCN1CCCC(c2ccn[nH]2)C1. The Morgan fingerprint density at radius 3 is 3.29 bits per heavy atom. The molecule has 1 fully saturated rings. The van der Waals surface area contributed by atoms with Gasteiger partial charge in [-0.1, -0.05) is 0 Å². The molecule has 78 valence electrons. The van der Waals surface area contributed by atoms with Crippen LogP contribution in [0.25, 0.3) is 0 Å². The Morgan fingerprint density at radius 2 is 2.57 bits per heavy atom. The molecule has 2 heterocycles. The summed E-state index contributed by atoms with van der Waals surface area (Å²) in [5.41, 5.74) is 6.83.